The monoisotopic (exact) mass is 167 g/mol. The lowest BCUT2D eigenvalue weighted by Crippen LogP contribution is -2.33. The molecule has 0 saturated carbocycles. The highest BCUT2D eigenvalue weighted by atomic mass is 16.1. The van der Waals surface area contributed by atoms with Gasteiger partial charge < -0.3 is 10.7 Å². The third kappa shape index (κ3) is 1.71. The topological polar surface area (TPSA) is 71.8 Å². The van der Waals surface area contributed by atoms with Crippen molar-refractivity contribution in [2.75, 3.05) is 0 Å². The number of hydrogen-bond donors (Lipinski definition) is 2. The van der Waals surface area contributed by atoms with E-state index < -0.39 is 5.54 Å². The summed E-state index contributed by atoms with van der Waals surface area (Å²) in [6.45, 7) is 5.29. The van der Waals surface area contributed by atoms with Gasteiger partial charge in [0.15, 0.2) is 0 Å². The maximum atomic E-state index is 11.1. The Bertz CT molecular complexity index is 335. The molecule has 12 heavy (non-hydrogen) atoms. The first kappa shape index (κ1) is 8.93. The van der Waals surface area contributed by atoms with E-state index in [4.69, 9.17) is 5.73 Å². The minimum absolute atomic E-state index is 0.126. The molecule has 0 fully saturated rings. The zero-order chi connectivity index (χ0) is 9.35. The zero-order valence-corrected chi connectivity index (χ0v) is 7.51. The van der Waals surface area contributed by atoms with E-state index in [-0.39, 0.29) is 5.56 Å². The lowest BCUT2D eigenvalue weighted by Gasteiger charge is -2.16. The largest absolute Gasteiger partial charge is 0.319 e. The van der Waals surface area contributed by atoms with E-state index in [2.05, 4.69) is 9.97 Å². The maximum absolute atomic E-state index is 11.1. The second kappa shape index (κ2) is 2.71. The molecule has 4 nitrogen and oxygen atoms in total. The smallest absolute Gasteiger partial charge is 0.253 e. The van der Waals surface area contributed by atoms with Crippen molar-refractivity contribution in [1.29, 1.82) is 0 Å². The summed E-state index contributed by atoms with van der Waals surface area (Å²) in [5.74, 6) is 0.512. The van der Waals surface area contributed by atoms with Crippen molar-refractivity contribution in [2.45, 2.75) is 26.3 Å². The summed E-state index contributed by atoms with van der Waals surface area (Å²) in [7, 11) is 0. The SMILES string of the molecule is Cc1cnc(C(C)(C)N)[nH]c1=O. The van der Waals surface area contributed by atoms with Crippen LogP contribution in [0.1, 0.15) is 25.2 Å². The van der Waals surface area contributed by atoms with E-state index in [1.54, 1.807) is 20.8 Å². The van der Waals surface area contributed by atoms with Gasteiger partial charge in [0, 0.05) is 11.8 Å². The molecule has 0 aliphatic carbocycles. The van der Waals surface area contributed by atoms with Gasteiger partial charge in [0.25, 0.3) is 5.56 Å². The van der Waals surface area contributed by atoms with Crippen LogP contribution in [0.2, 0.25) is 0 Å². The van der Waals surface area contributed by atoms with Crippen LogP contribution in [0.4, 0.5) is 0 Å². The Morgan fingerprint density at radius 3 is 2.58 bits per heavy atom. The number of nitrogens with one attached hydrogen (secondary N) is 1. The van der Waals surface area contributed by atoms with E-state index in [0.717, 1.165) is 0 Å². The summed E-state index contributed by atoms with van der Waals surface area (Å²) in [5.41, 5.74) is 5.63. The van der Waals surface area contributed by atoms with Crippen LogP contribution in [0.5, 0.6) is 0 Å². The summed E-state index contributed by atoms with van der Waals surface area (Å²) >= 11 is 0. The molecule has 0 unspecified atom stereocenters. The molecule has 0 saturated heterocycles. The number of H-pyrrole nitrogens is 1. The van der Waals surface area contributed by atoms with Gasteiger partial charge in [-0.1, -0.05) is 0 Å². The fourth-order valence-corrected chi connectivity index (χ4v) is 0.786. The predicted octanol–water partition coefficient (Wildman–Crippen LogP) is 0.272. The van der Waals surface area contributed by atoms with Crippen molar-refractivity contribution >= 4 is 0 Å². The van der Waals surface area contributed by atoms with E-state index in [0.29, 0.717) is 11.4 Å². The summed E-state index contributed by atoms with van der Waals surface area (Å²) < 4.78 is 0. The zero-order valence-electron chi connectivity index (χ0n) is 7.51. The van der Waals surface area contributed by atoms with Crippen LogP contribution in [0.15, 0.2) is 11.0 Å². The molecule has 66 valence electrons. The number of aryl methyl sites for hydroxylation is 1. The van der Waals surface area contributed by atoms with Crippen molar-refractivity contribution in [1.82, 2.24) is 9.97 Å². The highest BCUT2D eigenvalue weighted by Crippen LogP contribution is 2.08. The second-order valence-electron chi connectivity index (χ2n) is 3.47. The molecular weight excluding hydrogens is 154 g/mol. The average Bonchev–Trinajstić information content (AvgIpc) is 1.92. The van der Waals surface area contributed by atoms with Crippen LogP contribution in [0.25, 0.3) is 0 Å². The molecule has 0 aliphatic heterocycles. The summed E-state index contributed by atoms with van der Waals surface area (Å²) in [4.78, 5) is 17.8. The summed E-state index contributed by atoms with van der Waals surface area (Å²) in [5, 5.41) is 0. The van der Waals surface area contributed by atoms with Gasteiger partial charge in [-0.2, -0.15) is 0 Å². The standard InChI is InChI=1S/C8H13N3O/c1-5-4-10-7(8(2,3)9)11-6(5)12/h4H,9H2,1-3H3,(H,10,11,12). The fraction of sp³-hybridized carbons (Fsp3) is 0.500. The molecule has 0 amide bonds. The number of aromatic nitrogens is 2. The normalized spacial score (nSPS) is 11.7. The molecular formula is C8H13N3O. The van der Waals surface area contributed by atoms with Gasteiger partial charge >= 0.3 is 0 Å². The number of rotatable bonds is 1. The third-order valence-corrected chi connectivity index (χ3v) is 1.59. The molecule has 0 aromatic carbocycles. The van der Waals surface area contributed by atoms with Crippen molar-refractivity contribution in [3.8, 4) is 0 Å². The molecule has 1 heterocycles. The molecule has 1 aromatic heterocycles. The Morgan fingerprint density at radius 2 is 2.17 bits per heavy atom. The minimum atomic E-state index is -0.590. The second-order valence-corrected chi connectivity index (χ2v) is 3.47. The van der Waals surface area contributed by atoms with Gasteiger partial charge in [0.1, 0.15) is 5.82 Å². The molecule has 1 aromatic rings. The third-order valence-electron chi connectivity index (χ3n) is 1.59. The lowest BCUT2D eigenvalue weighted by atomic mass is 10.1. The number of aromatic amines is 1. The van der Waals surface area contributed by atoms with Crippen molar-refractivity contribution in [3.63, 3.8) is 0 Å². The van der Waals surface area contributed by atoms with Gasteiger partial charge in [0.05, 0.1) is 5.54 Å². The first-order chi connectivity index (χ1) is 5.41. The van der Waals surface area contributed by atoms with Crippen LogP contribution in [-0.4, -0.2) is 9.97 Å². The van der Waals surface area contributed by atoms with Crippen LogP contribution >= 0.6 is 0 Å². The van der Waals surface area contributed by atoms with Crippen LogP contribution in [-0.2, 0) is 5.54 Å². The maximum Gasteiger partial charge on any atom is 0.253 e. The van der Waals surface area contributed by atoms with Crippen LogP contribution in [0.3, 0.4) is 0 Å². The molecule has 3 N–H and O–H groups in total. The molecule has 1 rings (SSSR count). The Morgan fingerprint density at radius 1 is 1.58 bits per heavy atom. The number of nitrogens with zero attached hydrogens (tertiary/aromatic N) is 1. The Kier molecular flexibility index (Phi) is 2.02. The highest BCUT2D eigenvalue weighted by Gasteiger charge is 2.16. The van der Waals surface area contributed by atoms with Gasteiger partial charge in [-0.15, -0.1) is 0 Å². The highest BCUT2D eigenvalue weighted by molar-refractivity contribution is 5.07. The Labute approximate surface area is 70.8 Å². The first-order valence-electron chi connectivity index (χ1n) is 3.76. The van der Waals surface area contributed by atoms with Crippen LogP contribution < -0.4 is 11.3 Å². The molecule has 0 aliphatic rings. The predicted molar refractivity (Wildman–Crippen MR) is 46.8 cm³/mol. The summed E-state index contributed by atoms with van der Waals surface area (Å²) in [6, 6.07) is 0. The average molecular weight is 167 g/mol. The lowest BCUT2D eigenvalue weighted by molar-refractivity contribution is 0.511. The Hall–Kier alpha value is -1.16. The molecule has 0 radical (unpaired) electrons. The van der Waals surface area contributed by atoms with Gasteiger partial charge in [-0.05, 0) is 20.8 Å². The van der Waals surface area contributed by atoms with E-state index >= 15 is 0 Å². The van der Waals surface area contributed by atoms with Crippen molar-refractivity contribution in [2.24, 2.45) is 5.73 Å². The van der Waals surface area contributed by atoms with Crippen molar-refractivity contribution < 1.29 is 0 Å². The molecule has 4 heteroatoms. The fourth-order valence-electron chi connectivity index (χ4n) is 0.786. The minimum Gasteiger partial charge on any atom is -0.319 e. The Balaban J connectivity index is 3.23. The van der Waals surface area contributed by atoms with E-state index in [1.165, 1.54) is 6.20 Å². The molecule has 0 spiro atoms. The van der Waals surface area contributed by atoms with Gasteiger partial charge in [-0.3, -0.25) is 4.79 Å². The van der Waals surface area contributed by atoms with E-state index in [1.807, 2.05) is 0 Å². The van der Waals surface area contributed by atoms with Crippen LogP contribution in [0, 0.1) is 6.92 Å². The number of nitrogens with two attached hydrogens (primary N) is 1. The molecule has 0 atom stereocenters. The van der Waals surface area contributed by atoms with Gasteiger partial charge in [0.2, 0.25) is 0 Å². The molecule has 0 bridgehead atoms. The summed E-state index contributed by atoms with van der Waals surface area (Å²) in [6.07, 6.45) is 1.53. The van der Waals surface area contributed by atoms with Crippen molar-refractivity contribution in [3.05, 3.63) is 27.9 Å². The quantitative estimate of drug-likeness (QED) is 0.630. The first-order valence-corrected chi connectivity index (χ1v) is 3.76. The van der Waals surface area contributed by atoms with E-state index in [9.17, 15) is 4.79 Å². The van der Waals surface area contributed by atoms with Gasteiger partial charge in [-0.25, -0.2) is 4.98 Å². The number of hydrogen-bond acceptors (Lipinski definition) is 3.